The Bertz CT molecular complexity index is 1310. The molecule has 1 aliphatic heterocycles. The van der Waals surface area contributed by atoms with Crippen molar-refractivity contribution < 1.29 is 14.2 Å². The van der Waals surface area contributed by atoms with Gasteiger partial charge in [-0.25, -0.2) is 9.37 Å². The van der Waals surface area contributed by atoms with Crippen LogP contribution in [-0.4, -0.2) is 27.5 Å². The second kappa shape index (κ2) is 7.60. The number of fused-ring (bicyclic) bond motifs is 1. The molecule has 2 heterocycles. The largest absolute Gasteiger partial charge is 0.509 e. The van der Waals surface area contributed by atoms with E-state index in [0.29, 0.717) is 34.8 Å². The molecular formula is C24H19FN4O2. The van der Waals surface area contributed by atoms with Gasteiger partial charge in [0.05, 0.1) is 23.2 Å². The minimum atomic E-state index is -0.378. The molecule has 0 saturated carbocycles. The average molecular weight is 414 g/mol. The Morgan fingerprint density at radius 3 is 2.74 bits per heavy atom. The molecule has 6 nitrogen and oxygen atoms in total. The highest BCUT2D eigenvalue weighted by Gasteiger charge is 2.31. The van der Waals surface area contributed by atoms with Crippen LogP contribution in [0.4, 0.5) is 10.1 Å². The van der Waals surface area contributed by atoms with E-state index < -0.39 is 0 Å². The van der Waals surface area contributed by atoms with Gasteiger partial charge in [0.25, 0.3) is 0 Å². The summed E-state index contributed by atoms with van der Waals surface area (Å²) in [5, 5.41) is 19.2. The first kappa shape index (κ1) is 18.9. The van der Waals surface area contributed by atoms with Gasteiger partial charge in [-0.3, -0.25) is 5.41 Å². The number of benzene rings is 3. The number of imidazole rings is 1. The van der Waals surface area contributed by atoms with Crippen LogP contribution in [-0.2, 0) is 6.61 Å². The maximum atomic E-state index is 13.5. The highest BCUT2D eigenvalue weighted by Crippen LogP contribution is 2.32. The van der Waals surface area contributed by atoms with E-state index in [4.69, 9.17) is 10.1 Å². The topological polar surface area (TPSA) is 85.2 Å². The number of hydrogen-bond donors (Lipinski definition) is 3. The van der Waals surface area contributed by atoms with Crippen molar-refractivity contribution in [3.63, 3.8) is 0 Å². The number of anilines is 1. The maximum absolute atomic E-state index is 13.5. The molecule has 1 aromatic heterocycles. The molecule has 0 bridgehead atoms. The fraction of sp³-hybridized carbons (Fsp3) is 0.0833. The normalized spacial score (nSPS) is 14.0. The van der Waals surface area contributed by atoms with E-state index in [2.05, 4.69) is 9.97 Å². The van der Waals surface area contributed by atoms with E-state index in [9.17, 15) is 9.50 Å². The number of aromatic amines is 1. The molecular weight excluding hydrogens is 395 g/mol. The van der Waals surface area contributed by atoms with Crippen LogP contribution in [0.25, 0.3) is 16.6 Å². The number of halogens is 1. The van der Waals surface area contributed by atoms with Crippen LogP contribution in [0.3, 0.4) is 0 Å². The average Bonchev–Trinajstić information content (AvgIpc) is 3.32. The summed E-state index contributed by atoms with van der Waals surface area (Å²) in [5.74, 6) is 0.761. The molecule has 7 heteroatoms. The molecule has 5 rings (SSSR count). The third-order valence-corrected chi connectivity index (χ3v) is 5.16. The molecule has 0 unspecified atom stereocenters. The number of aliphatic hydroxyl groups is 1. The number of aliphatic hydroxyl groups excluding tert-OH is 1. The molecule has 0 aliphatic carbocycles. The number of rotatable bonds is 5. The molecule has 0 saturated heterocycles. The van der Waals surface area contributed by atoms with Gasteiger partial charge < -0.3 is 19.7 Å². The lowest BCUT2D eigenvalue weighted by molar-refractivity contribution is 0.306. The van der Waals surface area contributed by atoms with Gasteiger partial charge in [-0.2, -0.15) is 0 Å². The summed E-state index contributed by atoms with van der Waals surface area (Å²) in [5.41, 5.74) is 3.16. The first-order chi connectivity index (χ1) is 15.1. The zero-order valence-corrected chi connectivity index (χ0v) is 16.5. The van der Waals surface area contributed by atoms with E-state index in [1.54, 1.807) is 11.0 Å². The molecule has 3 N–H and O–H groups in total. The van der Waals surface area contributed by atoms with E-state index >= 15 is 0 Å². The fourth-order valence-electron chi connectivity index (χ4n) is 3.63. The van der Waals surface area contributed by atoms with Gasteiger partial charge in [-0.15, -0.1) is 0 Å². The van der Waals surface area contributed by atoms with Crippen LogP contribution in [0.1, 0.15) is 11.4 Å². The van der Waals surface area contributed by atoms with Crippen LogP contribution in [0, 0.1) is 11.2 Å². The first-order valence-corrected chi connectivity index (χ1v) is 9.79. The third kappa shape index (κ3) is 3.61. The van der Waals surface area contributed by atoms with Gasteiger partial charge in [-0.05, 0) is 35.9 Å². The molecule has 4 aromatic rings. The minimum absolute atomic E-state index is 0.0279. The first-order valence-electron chi connectivity index (χ1n) is 9.79. The van der Waals surface area contributed by atoms with Gasteiger partial charge in [0, 0.05) is 11.8 Å². The number of hydrogen-bond acceptors (Lipinski definition) is 4. The number of nitrogens with zero attached hydrogens (tertiary/aromatic N) is 2. The molecule has 154 valence electrons. The molecule has 3 aromatic carbocycles. The van der Waals surface area contributed by atoms with E-state index in [1.807, 2.05) is 54.6 Å². The monoisotopic (exact) mass is 414 g/mol. The number of amidine groups is 1. The van der Waals surface area contributed by atoms with Crippen LogP contribution in [0.5, 0.6) is 5.75 Å². The molecule has 1 aliphatic rings. The summed E-state index contributed by atoms with van der Waals surface area (Å²) in [6.45, 7) is 0.577. The summed E-state index contributed by atoms with van der Waals surface area (Å²) >= 11 is 0. The van der Waals surface area contributed by atoms with Crippen molar-refractivity contribution >= 4 is 28.1 Å². The Kier molecular flexibility index (Phi) is 4.63. The van der Waals surface area contributed by atoms with Gasteiger partial charge in [-0.1, -0.05) is 36.4 Å². The van der Waals surface area contributed by atoms with Crippen molar-refractivity contribution in [1.82, 2.24) is 9.97 Å². The smallest absolute Gasteiger partial charge is 0.145 e. The van der Waals surface area contributed by atoms with E-state index in [-0.39, 0.29) is 24.0 Å². The Morgan fingerprint density at radius 1 is 1.06 bits per heavy atom. The molecule has 0 spiro atoms. The molecule has 0 fully saturated rings. The highest BCUT2D eigenvalue weighted by atomic mass is 19.1. The zero-order chi connectivity index (χ0) is 21.4. The number of nitrogens with one attached hydrogen (secondary N) is 2. The van der Waals surface area contributed by atoms with Crippen molar-refractivity contribution in [2.45, 2.75) is 6.61 Å². The minimum Gasteiger partial charge on any atom is -0.509 e. The maximum Gasteiger partial charge on any atom is 0.145 e. The van der Waals surface area contributed by atoms with Crippen LogP contribution in [0.15, 0.2) is 78.6 Å². The van der Waals surface area contributed by atoms with Crippen molar-refractivity contribution in [3.8, 4) is 5.75 Å². The molecule has 0 atom stereocenters. The fourth-order valence-corrected chi connectivity index (χ4v) is 3.63. The second-order valence-corrected chi connectivity index (χ2v) is 7.27. The second-order valence-electron chi connectivity index (χ2n) is 7.27. The lowest BCUT2D eigenvalue weighted by atomic mass is 10.2. The standard InChI is InChI=1S/C24H19FN4O2/c25-16-9-10-19-20(11-16)28-24(27-19)22-21(30)13-29(23(22)26)17-7-4-8-18(12-17)31-14-15-5-2-1-3-6-15/h1-12,26,30H,13-14H2,(H,27,28). The van der Waals surface area contributed by atoms with Crippen molar-refractivity contribution in [2.24, 2.45) is 0 Å². The Hall–Kier alpha value is -4.13. The number of aromatic nitrogens is 2. The predicted octanol–water partition coefficient (Wildman–Crippen LogP) is 5.05. The Labute approximate surface area is 177 Å². The molecule has 31 heavy (non-hydrogen) atoms. The summed E-state index contributed by atoms with van der Waals surface area (Å²) in [7, 11) is 0. The molecule has 0 amide bonds. The van der Waals surface area contributed by atoms with Gasteiger partial charge in [0.2, 0.25) is 0 Å². The van der Waals surface area contributed by atoms with E-state index in [0.717, 1.165) is 11.3 Å². The summed E-state index contributed by atoms with van der Waals surface area (Å²) in [4.78, 5) is 9.09. The summed E-state index contributed by atoms with van der Waals surface area (Å²) < 4.78 is 19.4. The lowest BCUT2D eigenvalue weighted by Crippen LogP contribution is -2.26. The van der Waals surface area contributed by atoms with Gasteiger partial charge >= 0.3 is 0 Å². The summed E-state index contributed by atoms with van der Waals surface area (Å²) in [6, 6.07) is 21.5. The third-order valence-electron chi connectivity index (χ3n) is 5.16. The van der Waals surface area contributed by atoms with Crippen LogP contribution >= 0.6 is 0 Å². The SMILES string of the molecule is N=C1C(c2nc3ccc(F)cc3[nH]2)=C(O)CN1c1cccc(OCc2ccccc2)c1. The quantitative estimate of drug-likeness (QED) is 0.427. The van der Waals surface area contributed by atoms with Crippen molar-refractivity contribution in [2.75, 3.05) is 11.4 Å². The van der Waals surface area contributed by atoms with Crippen molar-refractivity contribution in [1.29, 1.82) is 5.41 Å². The number of ether oxygens (including phenoxy) is 1. The van der Waals surface area contributed by atoms with Crippen LogP contribution in [0.2, 0.25) is 0 Å². The Morgan fingerprint density at radius 2 is 1.90 bits per heavy atom. The number of H-pyrrole nitrogens is 1. The van der Waals surface area contributed by atoms with Crippen molar-refractivity contribution in [3.05, 3.63) is 95.8 Å². The zero-order valence-electron chi connectivity index (χ0n) is 16.5. The van der Waals surface area contributed by atoms with E-state index in [1.165, 1.54) is 12.1 Å². The predicted molar refractivity (Wildman–Crippen MR) is 118 cm³/mol. The summed E-state index contributed by atoms with van der Waals surface area (Å²) in [6.07, 6.45) is 0. The Balaban J connectivity index is 1.38. The lowest BCUT2D eigenvalue weighted by Gasteiger charge is -2.19. The molecule has 0 radical (unpaired) electrons. The highest BCUT2D eigenvalue weighted by molar-refractivity contribution is 6.30. The van der Waals surface area contributed by atoms with Gasteiger partial charge in [0.1, 0.15) is 35.6 Å². The van der Waals surface area contributed by atoms with Crippen LogP contribution < -0.4 is 9.64 Å². The van der Waals surface area contributed by atoms with Gasteiger partial charge in [0.15, 0.2) is 0 Å².